The second-order valence-corrected chi connectivity index (χ2v) is 11.8. The number of anilines is 2. The molecule has 1 fully saturated rings. The van der Waals surface area contributed by atoms with Crippen molar-refractivity contribution in [2.24, 2.45) is 0 Å². The van der Waals surface area contributed by atoms with Gasteiger partial charge in [0.05, 0.1) is 12.3 Å². The van der Waals surface area contributed by atoms with Crippen molar-refractivity contribution in [2.75, 3.05) is 36.5 Å². The summed E-state index contributed by atoms with van der Waals surface area (Å²) >= 11 is 0. The summed E-state index contributed by atoms with van der Waals surface area (Å²) in [5.41, 5.74) is 7.46. The lowest BCUT2D eigenvalue weighted by molar-refractivity contribution is 0.0789. The van der Waals surface area contributed by atoms with Gasteiger partial charge in [0.2, 0.25) is 0 Å². The lowest BCUT2D eigenvalue weighted by Gasteiger charge is -2.48. The molecule has 5 aromatic rings. The second kappa shape index (κ2) is 12.1. The van der Waals surface area contributed by atoms with Gasteiger partial charge in [0.1, 0.15) is 12.2 Å². The third kappa shape index (κ3) is 5.60. The summed E-state index contributed by atoms with van der Waals surface area (Å²) in [5, 5.41) is 10.7. The number of aliphatic hydroxyl groups is 1. The van der Waals surface area contributed by atoms with Crippen molar-refractivity contribution in [3.05, 3.63) is 96.3 Å². The maximum absolute atomic E-state index is 10.7. The Kier molecular flexibility index (Phi) is 8.15. The number of hydrogen-bond donors (Lipinski definition) is 1. The van der Waals surface area contributed by atoms with Crippen molar-refractivity contribution in [1.29, 1.82) is 0 Å². The van der Waals surface area contributed by atoms with Crippen molar-refractivity contribution in [3.63, 3.8) is 0 Å². The van der Waals surface area contributed by atoms with Gasteiger partial charge in [-0.3, -0.25) is 9.47 Å². The van der Waals surface area contributed by atoms with Crippen molar-refractivity contribution >= 4 is 22.7 Å². The monoisotopic (exact) mass is 575 g/mol. The molecule has 1 aliphatic rings. The highest BCUT2D eigenvalue weighted by atomic mass is 16.3. The Morgan fingerprint density at radius 3 is 2.35 bits per heavy atom. The zero-order valence-electron chi connectivity index (χ0n) is 25.7. The standard InChI is InChI=1S/C35H41N7O/c1-24-13-12-18-30(27(24)4)40-19-20-41(25(2)22-40)31(21-26(3)43)39(5)34-32-35(37-23-36-34)42(29-16-10-7-11-17-29)33(38-32)28-14-8-6-9-15-28/h6-18,23,25-26,31,43H,19-22H2,1-5H3/t25-,26?,31?/m0/s1. The molecular formula is C35H41N7O. The van der Waals surface area contributed by atoms with E-state index < -0.39 is 6.10 Å². The Hall–Kier alpha value is -4.27. The van der Waals surface area contributed by atoms with Crippen molar-refractivity contribution in [2.45, 2.75) is 52.4 Å². The third-order valence-electron chi connectivity index (χ3n) is 8.78. The number of aliphatic hydroxyl groups excluding tert-OH is 1. The average Bonchev–Trinajstić information content (AvgIpc) is 3.42. The first-order valence-corrected chi connectivity index (χ1v) is 15.2. The maximum Gasteiger partial charge on any atom is 0.170 e. The molecule has 3 heterocycles. The number of aryl methyl sites for hydroxylation is 1. The molecule has 3 atom stereocenters. The number of nitrogens with zero attached hydrogens (tertiary/aromatic N) is 7. The lowest BCUT2D eigenvalue weighted by Crippen LogP contribution is -2.60. The second-order valence-electron chi connectivity index (χ2n) is 11.8. The molecule has 6 rings (SSSR count). The van der Waals surface area contributed by atoms with E-state index in [1.807, 2.05) is 43.3 Å². The third-order valence-corrected chi connectivity index (χ3v) is 8.78. The first-order chi connectivity index (χ1) is 20.8. The molecule has 8 heteroatoms. The molecule has 0 spiro atoms. The molecule has 1 aliphatic heterocycles. The summed E-state index contributed by atoms with van der Waals surface area (Å²) in [7, 11) is 2.07. The molecular weight excluding hydrogens is 534 g/mol. The number of piperazine rings is 1. The maximum atomic E-state index is 10.7. The highest BCUT2D eigenvalue weighted by Crippen LogP contribution is 2.33. The van der Waals surface area contributed by atoms with Crippen LogP contribution in [0.2, 0.25) is 0 Å². The van der Waals surface area contributed by atoms with E-state index in [9.17, 15) is 5.11 Å². The van der Waals surface area contributed by atoms with Crippen molar-refractivity contribution < 1.29 is 5.11 Å². The fourth-order valence-electron chi connectivity index (χ4n) is 6.41. The minimum Gasteiger partial charge on any atom is -0.393 e. The molecule has 1 N–H and O–H groups in total. The van der Waals surface area contributed by atoms with Gasteiger partial charge in [-0.25, -0.2) is 15.0 Å². The first-order valence-electron chi connectivity index (χ1n) is 15.2. The summed E-state index contributed by atoms with van der Waals surface area (Å²) in [5.74, 6) is 1.58. The van der Waals surface area contributed by atoms with Gasteiger partial charge in [0.25, 0.3) is 0 Å². The van der Waals surface area contributed by atoms with E-state index in [1.54, 1.807) is 6.33 Å². The fraction of sp³-hybridized carbons (Fsp3) is 0.343. The molecule has 0 amide bonds. The summed E-state index contributed by atoms with van der Waals surface area (Å²) in [4.78, 5) is 21.9. The van der Waals surface area contributed by atoms with Crippen LogP contribution in [0.1, 0.15) is 31.4 Å². The van der Waals surface area contributed by atoms with E-state index in [-0.39, 0.29) is 12.2 Å². The Balaban J connectivity index is 1.38. The molecule has 2 unspecified atom stereocenters. The van der Waals surface area contributed by atoms with Gasteiger partial charge in [0, 0.05) is 56.1 Å². The van der Waals surface area contributed by atoms with Gasteiger partial charge in [-0.15, -0.1) is 0 Å². The molecule has 8 nitrogen and oxygen atoms in total. The zero-order chi connectivity index (χ0) is 30.1. The molecule has 2 aromatic heterocycles. The van der Waals surface area contributed by atoms with Gasteiger partial charge in [-0.2, -0.15) is 0 Å². The van der Waals surface area contributed by atoms with Crippen LogP contribution in [0.4, 0.5) is 11.5 Å². The van der Waals surface area contributed by atoms with Gasteiger partial charge in [0.15, 0.2) is 17.0 Å². The Morgan fingerprint density at radius 1 is 0.930 bits per heavy atom. The van der Waals surface area contributed by atoms with Crippen LogP contribution in [0.5, 0.6) is 0 Å². The minimum atomic E-state index is -0.476. The predicted molar refractivity (Wildman–Crippen MR) is 175 cm³/mol. The van der Waals surface area contributed by atoms with Gasteiger partial charge < -0.3 is 14.9 Å². The molecule has 0 radical (unpaired) electrons. The van der Waals surface area contributed by atoms with E-state index in [4.69, 9.17) is 15.0 Å². The SMILES string of the molecule is Cc1cccc(N2CCN(C(CC(C)O)N(C)c3ncnc4c3nc(-c3ccccc3)n4-c3ccccc3)[C@@H](C)C2)c1C. The smallest absolute Gasteiger partial charge is 0.170 e. The largest absolute Gasteiger partial charge is 0.393 e. The number of benzene rings is 3. The first kappa shape index (κ1) is 28.8. The van der Waals surface area contributed by atoms with Gasteiger partial charge in [-0.05, 0) is 57.0 Å². The van der Waals surface area contributed by atoms with E-state index in [0.717, 1.165) is 53.7 Å². The fourth-order valence-corrected chi connectivity index (χ4v) is 6.41. The summed E-state index contributed by atoms with van der Waals surface area (Å²) in [6.07, 6.45) is 1.67. The number of rotatable bonds is 8. The van der Waals surface area contributed by atoms with E-state index >= 15 is 0 Å². The van der Waals surface area contributed by atoms with Crippen LogP contribution in [-0.2, 0) is 0 Å². The molecule has 3 aromatic carbocycles. The van der Waals surface area contributed by atoms with Crippen LogP contribution >= 0.6 is 0 Å². The minimum absolute atomic E-state index is 0.0732. The molecule has 0 aliphatic carbocycles. The topological polar surface area (TPSA) is 73.6 Å². The molecule has 43 heavy (non-hydrogen) atoms. The highest BCUT2D eigenvalue weighted by Gasteiger charge is 2.34. The number of para-hydroxylation sites is 1. The normalized spacial score (nSPS) is 17.3. The summed E-state index contributed by atoms with van der Waals surface area (Å²) < 4.78 is 2.11. The van der Waals surface area contributed by atoms with Crippen LogP contribution in [0, 0.1) is 13.8 Å². The van der Waals surface area contributed by atoms with Crippen LogP contribution < -0.4 is 9.80 Å². The number of fused-ring (bicyclic) bond motifs is 1. The van der Waals surface area contributed by atoms with E-state index in [0.29, 0.717) is 6.42 Å². The van der Waals surface area contributed by atoms with Gasteiger partial charge >= 0.3 is 0 Å². The zero-order valence-corrected chi connectivity index (χ0v) is 25.7. The Bertz CT molecular complexity index is 1690. The molecule has 1 saturated heterocycles. The number of hydrogen-bond acceptors (Lipinski definition) is 7. The van der Waals surface area contributed by atoms with Crippen LogP contribution in [-0.4, -0.2) is 74.5 Å². The van der Waals surface area contributed by atoms with E-state index in [1.165, 1.54) is 16.8 Å². The molecule has 0 bridgehead atoms. The van der Waals surface area contributed by atoms with Crippen molar-refractivity contribution in [1.82, 2.24) is 24.4 Å². The molecule has 0 saturated carbocycles. The van der Waals surface area contributed by atoms with E-state index in [2.05, 4.69) is 89.6 Å². The summed E-state index contributed by atoms with van der Waals surface area (Å²) in [6, 6.07) is 27.3. The lowest BCUT2D eigenvalue weighted by atomic mass is 10.0. The Morgan fingerprint density at radius 2 is 1.65 bits per heavy atom. The van der Waals surface area contributed by atoms with Crippen LogP contribution in [0.3, 0.4) is 0 Å². The van der Waals surface area contributed by atoms with Crippen LogP contribution in [0.15, 0.2) is 85.2 Å². The molecule has 222 valence electrons. The number of imidazole rings is 1. The van der Waals surface area contributed by atoms with Crippen LogP contribution in [0.25, 0.3) is 28.2 Å². The predicted octanol–water partition coefficient (Wildman–Crippen LogP) is 5.84. The number of aromatic nitrogens is 4. The average molecular weight is 576 g/mol. The Labute approximate surface area is 254 Å². The summed E-state index contributed by atoms with van der Waals surface area (Å²) in [6.45, 7) is 11.2. The quantitative estimate of drug-likeness (QED) is 0.249. The highest BCUT2D eigenvalue weighted by molar-refractivity contribution is 5.88. The van der Waals surface area contributed by atoms with Crippen molar-refractivity contribution in [3.8, 4) is 17.1 Å². The van der Waals surface area contributed by atoms with Gasteiger partial charge in [-0.1, -0.05) is 60.7 Å².